The Hall–Kier alpha value is -2.37. The number of halogens is 1. The third-order valence-corrected chi connectivity index (χ3v) is 3.45. The van der Waals surface area contributed by atoms with Crippen LogP contribution in [0.3, 0.4) is 0 Å². The average molecular weight is 275 g/mol. The minimum absolute atomic E-state index is 0.259. The second-order valence-corrected chi connectivity index (χ2v) is 4.80. The lowest BCUT2D eigenvalue weighted by atomic mass is 10.2. The molecule has 0 saturated heterocycles. The van der Waals surface area contributed by atoms with Crippen molar-refractivity contribution in [1.29, 1.82) is 0 Å². The van der Waals surface area contributed by atoms with E-state index in [1.165, 1.54) is 12.1 Å². The number of fused-ring (bicyclic) bond motifs is 1. The number of nitrogens with one attached hydrogen (secondary N) is 1. The molecule has 0 bridgehead atoms. The van der Waals surface area contributed by atoms with Crippen LogP contribution in [0.5, 0.6) is 0 Å². The molecule has 2 heterocycles. The molecule has 2 amide bonds. The minimum atomic E-state index is -0.281. The molecular weight excluding hydrogens is 261 g/mol. The number of rotatable bonds is 1. The summed E-state index contributed by atoms with van der Waals surface area (Å²) in [5.41, 5.74) is 2.81. The molecule has 1 aliphatic heterocycles. The van der Waals surface area contributed by atoms with Crippen molar-refractivity contribution in [2.75, 3.05) is 16.8 Å². The summed E-state index contributed by atoms with van der Waals surface area (Å²) < 4.78 is 18.2. The van der Waals surface area contributed by atoms with Crippen molar-refractivity contribution in [2.45, 2.75) is 20.3 Å². The Balaban J connectivity index is 1.84. The second kappa shape index (κ2) is 4.63. The summed E-state index contributed by atoms with van der Waals surface area (Å²) in [5.74, 6) is 0.283. The summed E-state index contributed by atoms with van der Waals surface area (Å²) in [5, 5.41) is 6.59. The zero-order valence-electron chi connectivity index (χ0n) is 11.2. The number of carbonyl (C=O) groups is 1. The molecule has 0 radical (unpaired) electrons. The first kappa shape index (κ1) is 12.7. The predicted molar refractivity (Wildman–Crippen MR) is 72.4 cm³/mol. The highest BCUT2D eigenvalue weighted by atomic mass is 19.1. The molecule has 0 saturated carbocycles. The van der Waals surface area contributed by atoms with Crippen molar-refractivity contribution < 1.29 is 13.7 Å². The molecule has 2 aromatic rings. The minimum Gasteiger partial charge on any atom is -0.359 e. The Morgan fingerprint density at radius 3 is 2.95 bits per heavy atom. The van der Waals surface area contributed by atoms with E-state index in [1.54, 1.807) is 24.8 Å². The van der Waals surface area contributed by atoms with E-state index in [0.717, 1.165) is 11.3 Å². The molecule has 0 aliphatic carbocycles. The van der Waals surface area contributed by atoms with Gasteiger partial charge in [-0.05, 0) is 44.0 Å². The molecule has 0 atom stereocenters. The van der Waals surface area contributed by atoms with Crippen molar-refractivity contribution >= 4 is 17.4 Å². The van der Waals surface area contributed by atoms with Gasteiger partial charge < -0.3 is 9.84 Å². The van der Waals surface area contributed by atoms with E-state index < -0.39 is 0 Å². The molecule has 1 aromatic carbocycles. The van der Waals surface area contributed by atoms with Gasteiger partial charge in [0, 0.05) is 12.2 Å². The van der Waals surface area contributed by atoms with Crippen LogP contribution in [0.25, 0.3) is 0 Å². The molecule has 0 fully saturated rings. The van der Waals surface area contributed by atoms with E-state index in [9.17, 15) is 9.18 Å². The van der Waals surface area contributed by atoms with Crippen LogP contribution < -0.4 is 10.2 Å². The first-order valence-electron chi connectivity index (χ1n) is 6.36. The van der Waals surface area contributed by atoms with Crippen molar-refractivity contribution in [1.82, 2.24) is 5.16 Å². The van der Waals surface area contributed by atoms with Gasteiger partial charge in [-0.2, -0.15) is 0 Å². The maximum Gasteiger partial charge on any atom is 0.326 e. The van der Waals surface area contributed by atoms with E-state index in [2.05, 4.69) is 10.5 Å². The van der Waals surface area contributed by atoms with Crippen LogP contribution in [-0.2, 0) is 6.42 Å². The third-order valence-electron chi connectivity index (χ3n) is 3.45. The Labute approximate surface area is 115 Å². The van der Waals surface area contributed by atoms with Gasteiger partial charge in [0.15, 0.2) is 5.76 Å². The van der Waals surface area contributed by atoms with E-state index >= 15 is 0 Å². The number of aryl methyl sites for hydroxylation is 2. The Kier molecular flexibility index (Phi) is 2.93. The zero-order chi connectivity index (χ0) is 14.3. The summed E-state index contributed by atoms with van der Waals surface area (Å²) >= 11 is 0. The molecule has 5 nitrogen and oxygen atoms in total. The van der Waals surface area contributed by atoms with Gasteiger partial charge >= 0.3 is 6.03 Å². The lowest BCUT2D eigenvalue weighted by molar-refractivity contribution is 0.257. The van der Waals surface area contributed by atoms with E-state index in [1.807, 2.05) is 0 Å². The maximum atomic E-state index is 13.2. The van der Waals surface area contributed by atoms with Crippen molar-refractivity contribution in [3.63, 3.8) is 0 Å². The van der Waals surface area contributed by atoms with Crippen molar-refractivity contribution in [2.24, 2.45) is 0 Å². The first-order valence-corrected chi connectivity index (χ1v) is 6.36. The van der Waals surface area contributed by atoms with Gasteiger partial charge in [0.1, 0.15) is 17.2 Å². The van der Waals surface area contributed by atoms with Gasteiger partial charge in [-0.25, -0.2) is 9.18 Å². The van der Waals surface area contributed by atoms with Gasteiger partial charge in [0.25, 0.3) is 0 Å². The monoisotopic (exact) mass is 275 g/mol. The van der Waals surface area contributed by atoms with Crippen LogP contribution in [-0.4, -0.2) is 17.7 Å². The number of hydrogen-bond acceptors (Lipinski definition) is 3. The molecule has 3 rings (SSSR count). The van der Waals surface area contributed by atoms with E-state index in [0.29, 0.717) is 30.1 Å². The van der Waals surface area contributed by atoms with Crippen LogP contribution in [0.15, 0.2) is 22.7 Å². The number of benzene rings is 1. The summed E-state index contributed by atoms with van der Waals surface area (Å²) in [6, 6.07) is 4.20. The highest BCUT2D eigenvalue weighted by molar-refractivity contribution is 6.03. The van der Waals surface area contributed by atoms with Crippen LogP contribution in [0, 0.1) is 19.7 Å². The maximum absolute atomic E-state index is 13.2. The van der Waals surface area contributed by atoms with Gasteiger partial charge in [0.05, 0.1) is 0 Å². The quantitative estimate of drug-likeness (QED) is 0.870. The number of aromatic nitrogens is 1. The number of urea groups is 1. The molecule has 1 aliphatic rings. The molecular formula is C14H14FN3O2. The second-order valence-electron chi connectivity index (χ2n) is 4.80. The molecule has 1 aromatic heterocycles. The number of amides is 2. The summed E-state index contributed by atoms with van der Waals surface area (Å²) in [6.45, 7) is 4.04. The van der Waals surface area contributed by atoms with Crippen molar-refractivity contribution in [3.8, 4) is 0 Å². The fraction of sp³-hybridized carbons (Fsp3) is 0.286. The number of carbonyl (C=O) groups excluding carboxylic acids is 1. The van der Waals surface area contributed by atoms with Gasteiger partial charge in [-0.1, -0.05) is 5.16 Å². The molecule has 0 unspecified atom stereocenters. The van der Waals surface area contributed by atoms with Crippen molar-refractivity contribution in [3.05, 3.63) is 41.0 Å². The topological polar surface area (TPSA) is 58.4 Å². The van der Waals surface area contributed by atoms with Gasteiger partial charge in [-0.3, -0.25) is 4.90 Å². The predicted octanol–water partition coefficient (Wildman–Crippen LogP) is 3.03. The number of anilines is 2. The molecule has 0 spiro atoms. The Morgan fingerprint density at radius 1 is 1.45 bits per heavy atom. The molecule has 20 heavy (non-hydrogen) atoms. The average Bonchev–Trinajstić information content (AvgIpc) is 2.96. The summed E-state index contributed by atoms with van der Waals surface area (Å²) in [7, 11) is 0. The largest absolute Gasteiger partial charge is 0.359 e. The lowest BCUT2D eigenvalue weighted by Gasteiger charge is -2.17. The Morgan fingerprint density at radius 2 is 2.25 bits per heavy atom. The van der Waals surface area contributed by atoms with Crippen LogP contribution >= 0.6 is 0 Å². The molecule has 1 N–H and O–H groups in total. The number of hydrogen-bond donors (Lipinski definition) is 1. The third kappa shape index (κ3) is 2.03. The molecule has 104 valence electrons. The van der Waals surface area contributed by atoms with E-state index in [4.69, 9.17) is 4.52 Å². The highest BCUT2D eigenvalue weighted by Gasteiger charge is 2.26. The fourth-order valence-corrected chi connectivity index (χ4v) is 2.42. The van der Waals surface area contributed by atoms with Crippen LogP contribution in [0.4, 0.5) is 20.6 Å². The normalized spacial score (nSPS) is 13.4. The summed E-state index contributed by atoms with van der Waals surface area (Å²) in [4.78, 5) is 13.9. The first-order chi connectivity index (χ1) is 9.56. The lowest BCUT2D eigenvalue weighted by Crippen LogP contribution is -2.33. The van der Waals surface area contributed by atoms with Crippen LogP contribution in [0.2, 0.25) is 0 Å². The Bertz CT molecular complexity index is 662. The SMILES string of the molecule is Cc1noc(C)c1NC(=O)N1CCc2cc(F)ccc21. The fourth-order valence-electron chi connectivity index (χ4n) is 2.42. The summed E-state index contributed by atoms with van der Waals surface area (Å²) in [6.07, 6.45) is 0.655. The smallest absolute Gasteiger partial charge is 0.326 e. The zero-order valence-corrected chi connectivity index (χ0v) is 11.2. The van der Waals surface area contributed by atoms with Gasteiger partial charge in [-0.15, -0.1) is 0 Å². The standard InChI is InChI=1S/C14H14FN3O2/c1-8-13(9(2)20-17-8)16-14(19)18-6-5-10-7-11(15)3-4-12(10)18/h3-4,7H,5-6H2,1-2H3,(H,16,19). The highest BCUT2D eigenvalue weighted by Crippen LogP contribution is 2.29. The van der Waals surface area contributed by atoms with Gasteiger partial charge in [0.2, 0.25) is 0 Å². The van der Waals surface area contributed by atoms with E-state index in [-0.39, 0.29) is 11.8 Å². The van der Waals surface area contributed by atoms with Crippen LogP contribution in [0.1, 0.15) is 17.0 Å². The number of nitrogens with zero attached hydrogens (tertiary/aromatic N) is 2. The molecule has 6 heteroatoms.